The second-order valence-electron chi connectivity index (χ2n) is 5.42. The summed E-state index contributed by atoms with van der Waals surface area (Å²) in [5.41, 5.74) is 0. The van der Waals surface area contributed by atoms with E-state index >= 15 is 0 Å². The standard InChI is InChI=1S/C12H16F5NO/c13-11(14,12(15,16)17)10(19)18-6-5-8-3-1-2-4-9(8)7-18/h8-9H,1-7H2. The van der Waals surface area contributed by atoms with Crippen LogP contribution in [0.3, 0.4) is 0 Å². The first-order chi connectivity index (χ1) is 8.73. The monoisotopic (exact) mass is 285 g/mol. The molecule has 0 radical (unpaired) electrons. The summed E-state index contributed by atoms with van der Waals surface area (Å²) < 4.78 is 62.6. The normalized spacial score (nSPS) is 29.0. The maximum atomic E-state index is 13.0. The molecule has 2 aliphatic rings. The molecule has 7 heteroatoms. The van der Waals surface area contributed by atoms with Crippen LogP contribution < -0.4 is 0 Å². The molecule has 1 saturated carbocycles. The molecular weight excluding hydrogens is 269 g/mol. The minimum absolute atomic E-state index is 0.00562. The molecule has 2 rings (SSSR count). The molecule has 2 atom stereocenters. The van der Waals surface area contributed by atoms with Crippen molar-refractivity contribution in [3.05, 3.63) is 0 Å². The Kier molecular flexibility index (Phi) is 3.75. The van der Waals surface area contributed by atoms with Gasteiger partial charge in [-0.1, -0.05) is 19.3 Å². The van der Waals surface area contributed by atoms with Gasteiger partial charge in [0.25, 0.3) is 0 Å². The van der Waals surface area contributed by atoms with E-state index < -0.39 is 18.0 Å². The van der Waals surface area contributed by atoms with Crippen molar-refractivity contribution in [1.29, 1.82) is 0 Å². The van der Waals surface area contributed by atoms with E-state index in [0.717, 1.165) is 25.7 Å². The Hall–Kier alpha value is -0.880. The lowest BCUT2D eigenvalue weighted by molar-refractivity contribution is -0.275. The van der Waals surface area contributed by atoms with E-state index in [4.69, 9.17) is 0 Å². The zero-order valence-corrected chi connectivity index (χ0v) is 10.3. The molecule has 0 aromatic rings. The van der Waals surface area contributed by atoms with Gasteiger partial charge in [-0.05, 0) is 24.7 Å². The summed E-state index contributed by atoms with van der Waals surface area (Å²) in [4.78, 5) is 12.1. The molecule has 0 N–H and O–H groups in total. The fraction of sp³-hybridized carbons (Fsp3) is 0.917. The molecule has 1 saturated heterocycles. The van der Waals surface area contributed by atoms with E-state index in [-0.39, 0.29) is 19.0 Å². The summed E-state index contributed by atoms with van der Waals surface area (Å²) in [5, 5.41) is 0. The van der Waals surface area contributed by atoms with Crippen LogP contribution in [0.1, 0.15) is 32.1 Å². The van der Waals surface area contributed by atoms with Crippen LogP contribution in [-0.4, -0.2) is 36.0 Å². The Labute approximate surface area is 107 Å². The van der Waals surface area contributed by atoms with Crippen LogP contribution in [-0.2, 0) is 4.79 Å². The molecular formula is C12H16F5NO. The highest BCUT2D eigenvalue weighted by Crippen LogP contribution is 2.40. The van der Waals surface area contributed by atoms with Gasteiger partial charge in [0.2, 0.25) is 0 Å². The van der Waals surface area contributed by atoms with E-state index in [1.165, 1.54) is 0 Å². The Bertz CT molecular complexity index is 355. The minimum atomic E-state index is -5.81. The molecule has 2 unspecified atom stereocenters. The number of carbonyl (C=O) groups excluding carboxylic acids is 1. The van der Waals surface area contributed by atoms with Gasteiger partial charge in [-0.25, -0.2) is 0 Å². The third-order valence-electron chi connectivity index (χ3n) is 4.20. The molecule has 0 spiro atoms. The summed E-state index contributed by atoms with van der Waals surface area (Å²) in [6.45, 7) is 0.0425. The molecule has 1 amide bonds. The van der Waals surface area contributed by atoms with Gasteiger partial charge in [-0.15, -0.1) is 0 Å². The quantitative estimate of drug-likeness (QED) is 0.677. The zero-order valence-electron chi connectivity index (χ0n) is 10.3. The largest absolute Gasteiger partial charge is 0.463 e. The van der Waals surface area contributed by atoms with Crippen LogP contribution in [0, 0.1) is 11.8 Å². The van der Waals surface area contributed by atoms with Crippen molar-refractivity contribution in [2.45, 2.75) is 44.2 Å². The Balaban J connectivity index is 2.05. The third-order valence-corrected chi connectivity index (χ3v) is 4.20. The van der Waals surface area contributed by atoms with Crippen molar-refractivity contribution in [3.63, 3.8) is 0 Å². The first-order valence-corrected chi connectivity index (χ1v) is 6.47. The van der Waals surface area contributed by atoms with E-state index in [2.05, 4.69) is 0 Å². The van der Waals surface area contributed by atoms with Crippen molar-refractivity contribution in [1.82, 2.24) is 4.90 Å². The fourth-order valence-corrected chi connectivity index (χ4v) is 3.11. The van der Waals surface area contributed by atoms with Gasteiger partial charge in [0.05, 0.1) is 0 Å². The topological polar surface area (TPSA) is 20.3 Å². The van der Waals surface area contributed by atoms with Crippen LogP contribution in [0.4, 0.5) is 22.0 Å². The molecule has 2 nitrogen and oxygen atoms in total. The second kappa shape index (κ2) is 4.90. The molecule has 19 heavy (non-hydrogen) atoms. The lowest BCUT2D eigenvalue weighted by Crippen LogP contribution is -2.55. The Morgan fingerprint density at radius 1 is 0.947 bits per heavy atom. The highest BCUT2D eigenvalue weighted by molar-refractivity contribution is 5.84. The average molecular weight is 285 g/mol. The molecule has 1 aliphatic heterocycles. The molecule has 2 fully saturated rings. The van der Waals surface area contributed by atoms with Gasteiger partial charge in [-0.3, -0.25) is 4.79 Å². The van der Waals surface area contributed by atoms with Crippen molar-refractivity contribution in [2.75, 3.05) is 13.1 Å². The van der Waals surface area contributed by atoms with Gasteiger partial charge in [0.1, 0.15) is 0 Å². The number of alkyl halides is 5. The van der Waals surface area contributed by atoms with Crippen LogP contribution >= 0.6 is 0 Å². The highest BCUT2D eigenvalue weighted by atomic mass is 19.4. The predicted octanol–water partition coefficient (Wildman–Crippen LogP) is 3.22. The predicted molar refractivity (Wildman–Crippen MR) is 57.6 cm³/mol. The Morgan fingerprint density at radius 2 is 1.53 bits per heavy atom. The minimum Gasteiger partial charge on any atom is -0.337 e. The number of nitrogens with zero attached hydrogens (tertiary/aromatic N) is 1. The number of hydrogen-bond donors (Lipinski definition) is 0. The number of amides is 1. The van der Waals surface area contributed by atoms with Crippen molar-refractivity contribution in [2.24, 2.45) is 11.8 Å². The number of halogens is 5. The number of likely N-dealkylation sites (tertiary alicyclic amines) is 1. The van der Waals surface area contributed by atoms with Crippen LogP contribution in [0.2, 0.25) is 0 Å². The zero-order chi connectivity index (χ0) is 14.3. The summed E-state index contributed by atoms with van der Waals surface area (Å²) in [6.07, 6.45) is -1.45. The molecule has 110 valence electrons. The van der Waals surface area contributed by atoms with E-state index in [1.54, 1.807) is 0 Å². The van der Waals surface area contributed by atoms with E-state index in [9.17, 15) is 26.7 Å². The maximum Gasteiger partial charge on any atom is 0.463 e. The maximum absolute atomic E-state index is 13.0. The van der Waals surface area contributed by atoms with Gasteiger partial charge in [-0.2, -0.15) is 22.0 Å². The summed E-state index contributed by atoms with van der Waals surface area (Å²) in [7, 11) is 0. The highest BCUT2D eigenvalue weighted by Gasteiger charge is 2.64. The SMILES string of the molecule is O=C(N1CCC2CCCCC2C1)C(F)(F)C(F)(F)F. The molecule has 0 aromatic heterocycles. The summed E-state index contributed by atoms with van der Waals surface area (Å²) in [6, 6.07) is 0. The summed E-state index contributed by atoms with van der Waals surface area (Å²) in [5.74, 6) is -6.91. The van der Waals surface area contributed by atoms with Crippen LogP contribution in [0.5, 0.6) is 0 Å². The molecule has 0 bridgehead atoms. The van der Waals surface area contributed by atoms with Gasteiger partial charge >= 0.3 is 18.0 Å². The number of fused-ring (bicyclic) bond motifs is 1. The number of rotatable bonds is 1. The van der Waals surface area contributed by atoms with Crippen molar-refractivity contribution < 1.29 is 26.7 Å². The second-order valence-corrected chi connectivity index (χ2v) is 5.42. The lowest BCUT2D eigenvalue weighted by atomic mass is 9.75. The first-order valence-electron chi connectivity index (χ1n) is 6.47. The lowest BCUT2D eigenvalue weighted by Gasteiger charge is -2.42. The molecule has 1 aliphatic carbocycles. The smallest absolute Gasteiger partial charge is 0.337 e. The third kappa shape index (κ3) is 2.69. The van der Waals surface area contributed by atoms with Crippen LogP contribution in [0.25, 0.3) is 0 Å². The number of hydrogen-bond acceptors (Lipinski definition) is 1. The first kappa shape index (κ1) is 14.5. The molecule has 0 aromatic carbocycles. The van der Waals surface area contributed by atoms with Crippen molar-refractivity contribution >= 4 is 5.91 Å². The van der Waals surface area contributed by atoms with Crippen molar-refractivity contribution in [3.8, 4) is 0 Å². The van der Waals surface area contributed by atoms with Gasteiger partial charge in [0.15, 0.2) is 0 Å². The molecule has 1 heterocycles. The van der Waals surface area contributed by atoms with E-state index in [0.29, 0.717) is 17.2 Å². The van der Waals surface area contributed by atoms with Gasteiger partial charge < -0.3 is 4.90 Å². The summed E-state index contributed by atoms with van der Waals surface area (Å²) >= 11 is 0. The van der Waals surface area contributed by atoms with E-state index in [1.807, 2.05) is 0 Å². The Morgan fingerprint density at radius 3 is 2.11 bits per heavy atom. The number of piperidine rings is 1. The van der Waals surface area contributed by atoms with Crippen LogP contribution in [0.15, 0.2) is 0 Å². The fourth-order valence-electron chi connectivity index (χ4n) is 3.11. The van der Waals surface area contributed by atoms with Gasteiger partial charge in [0, 0.05) is 13.1 Å². The average Bonchev–Trinajstić information content (AvgIpc) is 2.36. The number of carbonyl (C=O) groups is 1.